The first kappa shape index (κ1) is 10.8. The second-order valence-electron chi connectivity index (χ2n) is 3.59. The minimum absolute atomic E-state index is 0.0481. The van der Waals surface area contributed by atoms with Crippen LogP contribution < -0.4 is 5.32 Å². The molecule has 1 aromatic carbocycles. The van der Waals surface area contributed by atoms with Crippen molar-refractivity contribution in [2.75, 3.05) is 19.8 Å². The van der Waals surface area contributed by atoms with E-state index in [1.165, 1.54) is 12.1 Å². The van der Waals surface area contributed by atoms with Crippen molar-refractivity contribution in [3.8, 4) is 5.75 Å². The van der Waals surface area contributed by atoms with E-state index in [0.29, 0.717) is 13.2 Å². The Morgan fingerprint density at radius 3 is 3.00 bits per heavy atom. The second kappa shape index (κ2) is 4.46. The van der Waals surface area contributed by atoms with Gasteiger partial charge in [-0.25, -0.2) is 0 Å². The highest BCUT2D eigenvalue weighted by molar-refractivity contribution is 5.48. The van der Waals surface area contributed by atoms with Gasteiger partial charge in [0.2, 0.25) is 0 Å². The van der Waals surface area contributed by atoms with Crippen LogP contribution in [0.25, 0.3) is 0 Å². The van der Waals surface area contributed by atoms with Crippen LogP contribution in [-0.4, -0.2) is 29.8 Å². The average Bonchev–Trinajstić information content (AvgIpc) is 2.30. The summed E-state index contributed by atoms with van der Waals surface area (Å²) in [6, 6.07) is 4.33. The summed E-state index contributed by atoms with van der Waals surface area (Å²) in [6.07, 6.45) is 0. The number of morpholine rings is 1. The van der Waals surface area contributed by atoms with Gasteiger partial charge >= 0.3 is 5.69 Å². The van der Waals surface area contributed by atoms with E-state index < -0.39 is 4.92 Å². The molecule has 6 nitrogen and oxygen atoms in total. The third-order valence-electron chi connectivity index (χ3n) is 2.52. The molecule has 0 amide bonds. The second-order valence-corrected chi connectivity index (χ2v) is 3.59. The molecule has 6 heteroatoms. The Balaban J connectivity index is 2.27. The lowest BCUT2D eigenvalue weighted by Gasteiger charge is -2.23. The van der Waals surface area contributed by atoms with Crippen molar-refractivity contribution in [2.45, 2.75) is 6.04 Å². The van der Waals surface area contributed by atoms with Crippen molar-refractivity contribution >= 4 is 5.69 Å². The minimum Gasteiger partial charge on any atom is -0.502 e. The largest absolute Gasteiger partial charge is 0.502 e. The summed E-state index contributed by atoms with van der Waals surface area (Å²) >= 11 is 0. The van der Waals surface area contributed by atoms with Crippen LogP contribution in [0.3, 0.4) is 0 Å². The lowest BCUT2D eigenvalue weighted by atomic mass is 10.1. The predicted molar refractivity (Wildman–Crippen MR) is 56.3 cm³/mol. The van der Waals surface area contributed by atoms with Crippen molar-refractivity contribution < 1.29 is 14.8 Å². The zero-order valence-electron chi connectivity index (χ0n) is 8.55. The van der Waals surface area contributed by atoms with Crippen LogP contribution in [-0.2, 0) is 4.74 Å². The summed E-state index contributed by atoms with van der Waals surface area (Å²) in [5.74, 6) is -0.314. The van der Waals surface area contributed by atoms with E-state index >= 15 is 0 Å². The fraction of sp³-hybridized carbons (Fsp3) is 0.400. The van der Waals surface area contributed by atoms with Gasteiger partial charge in [-0.15, -0.1) is 0 Å². The molecule has 1 heterocycles. The van der Waals surface area contributed by atoms with Gasteiger partial charge in [0.1, 0.15) is 0 Å². The fourth-order valence-corrected chi connectivity index (χ4v) is 1.68. The molecule has 0 radical (unpaired) electrons. The molecule has 1 aromatic rings. The number of hydrogen-bond donors (Lipinski definition) is 2. The van der Waals surface area contributed by atoms with Gasteiger partial charge in [0.25, 0.3) is 0 Å². The molecular weight excluding hydrogens is 212 g/mol. The van der Waals surface area contributed by atoms with E-state index in [9.17, 15) is 15.2 Å². The first-order chi connectivity index (χ1) is 7.68. The van der Waals surface area contributed by atoms with Crippen molar-refractivity contribution in [3.05, 3.63) is 33.9 Å². The standard InChI is InChI=1S/C10H12N2O4/c13-10-2-1-7(5-9(10)12(14)15)8-6-16-4-3-11-8/h1-2,5,8,11,13H,3-4,6H2. The monoisotopic (exact) mass is 224 g/mol. The first-order valence-corrected chi connectivity index (χ1v) is 4.97. The van der Waals surface area contributed by atoms with Gasteiger partial charge in [0, 0.05) is 12.6 Å². The number of aromatic hydroxyl groups is 1. The zero-order chi connectivity index (χ0) is 11.5. The van der Waals surface area contributed by atoms with E-state index in [-0.39, 0.29) is 17.5 Å². The molecule has 1 aliphatic heterocycles. The van der Waals surface area contributed by atoms with Crippen LogP contribution >= 0.6 is 0 Å². The summed E-state index contributed by atoms with van der Waals surface area (Å²) in [5.41, 5.74) is 0.481. The Bertz CT molecular complexity index is 402. The van der Waals surface area contributed by atoms with Crippen molar-refractivity contribution in [1.29, 1.82) is 0 Å². The Labute approximate surface area is 92.0 Å². The summed E-state index contributed by atoms with van der Waals surface area (Å²) in [7, 11) is 0. The molecule has 1 unspecified atom stereocenters. The molecule has 1 fully saturated rings. The van der Waals surface area contributed by atoms with Gasteiger partial charge in [-0.05, 0) is 11.6 Å². The van der Waals surface area contributed by atoms with Crippen molar-refractivity contribution in [1.82, 2.24) is 5.32 Å². The van der Waals surface area contributed by atoms with Crippen LogP contribution in [0.15, 0.2) is 18.2 Å². The van der Waals surface area contributed by atoms with Crippen molar-refractivity contribution in [3.63, 3.8) is 0 Å². The van der Waals surface area contributed by atoms with E-state index in [0.717, 1.165) is 12.1 Å². The predicted octanol–water partition coefficient (Wildman–Crippen LogP) is 0.961. The number of hydrogen-bond acceptors (Lipinski definition) is 5. The number of ether oxygens (including phenoxy) is 1. The number of nitrogens with one attached hydrogen (secondary N) is 1. The molecule has 0 spiro atoms. The Kier molecular flexibility index (Phi) is 3.02. The number of rotatable bonds is 2. The van der Waals surface area contributed by atoms with Gasteiger partial charge in [0.05, 0.1) is 24.2 Å². The van der Waals surface area contributed by atoms with Crippen molar-refractivity contribution in [2.24, 2.45) is 0 Å². The number of phenolic OH excluding ortho intramolecular Hbond substituents is 1. The van der Waals surface area contributed by atoms with Gasteiger partial charge in [0.15, 0.2) is 5.75 Å². The fourth-order valence-electron chi connectivity index (χ4n) is 1.68. The van der Waals surface area contributed by atoms with Crippen LogP contribution in [0.5, 0.6) is 5.75 Å². The van der Waals surface area contributed by atoms with E-state index in [1.807, 2.05) is 0 Å². The molecular formula is C10H12N2O4. The first-order valence-electron chi connectivity index (χ1n) is 4.97. The summed E-state index contributed by atoms with van der Waals surface area (Å²) < 4.78 is 5.27. The Hall–Kier alpha value is -1.66. The third kappa shape index (κ3) is 2.12. The average molecular weight is 224 g/mol. The maximum Gasteiger partial charge on any atom is 0.311 e. The molecule has 16 heavy (non-hydrogen) atoms. The lowest BCUT2D eigenvalue weighted by molar-refractivity contribution is -0.385. The zero-order valence-corrected chi connectivity index (χ0v) is 8.55. The topological polar surface area (TPSA) is 84.6 Å². The Morgan fingerprint density at radius 1 is 1.56 bits per heavy atom. The van der Waals surface area contributed by atoms with Crippen LogP contribution in [0.1, 0.15) is 11.6 Å². The molecule has 1 aliphatic rings. The number of phenols is 1. The molecule has 0 saturated carbocycles. The number of nitro groups is 1. The maximum atomic E-state index is 10.7. The van der Waals surface area contributed by atoms with Gasteiger partial charge in [-0.1, -0.05) is 6.07 Å². The van der Waals surface area contributed by atoms with Gasteiger partial charge < -0.3 is 15.2 Å². The molecule has 0 aromatic heterocycles. The Morgan fingerprint density at radius 2 is 2.38 bits per heavy atom. The van der Waals surface area contributed by atoms with Crippen LogP contribution in [0.4, 0.5) is 5.69 Å². The highest BCUT2D eigenvalue weighted by atomic mass is 16.6. The molecule has 2 rings (SSSR count). The highest BCUT2D eigenvalue weighted by Crippen LogP contribution is 2.29. The molecule has 2 N–H and O–H groups in total. The molecule has 86 valence electrons. The molecule has 1 saturated heterocycles. The maximum absolute atomic E-state index is 10.7. The highest BCUT2D eigenvalue weighted by Gasteiger charge is 2.20. The van der Waals surface area contributed by atoms with Gasteiger partial charge in [-0.3, -0.25) is 10.1 Å². The van der Waals surface area contributed by atoms with Crippen LogP contribution in [0, 0.1) is 10.1 Å². The smallest absolute Gasteiger partial charge is 0.311 e. The number of benzene rings is 1. The van der Waals surface area contributed by atoms with E-state index in [4.69, 9.17) is 4.74 Å². The van der Waals surface area contributed by atoms with E-state index in [2.05, 4.69) is 5.32 Å². The number of nitro benzene ring substituents is 1. The third-order valence-corrected chi connectivity index (χ3v) is 2.52. The molecule has 0 aliphatic carbocycles. The SMILES string of the molecule is O=[N+]([O-])c1cc(C2COCCN2)ccc1O. The van der Waals surface area contributed by atoms with Gasteiger partial charge in [-0.2, -0.15) is 0 Å². The van der Waals surface area contributed by atoms with Crippen LogP contribution in [0.2, 0.25) is 0 Å². The molecule has 1 atom stereocenters. The summed E-state index contributed by atoms with van der Waals surface area (Å²) in [6.45, 7) is 1.86. The normalized spacial score (nSPS) is 20.6. The summed E-state index contributed by atoms with van der Waals surface area (Å²) in [4.78, 5) is 10.1. The summed E-state index contributed by atoms with van der Waals surface area (Å²) in [5, 5.41) is 23.2. The minimum atomic E-state index is -0.595. The quantitative estimate of drug-likeness (QED) is 0.577. The molecule has 0 bridgehead atoms. The number of nitrogens with zero attached hydrogens (tertiary/aromatic N) is 1. The van der Waals surface area contributed by atoms with E-state index in [1.54, 1.807) is 6.07 Å². The lowest BCUT2D eigenvalue weighted by Crippen LogP contribution is -2.34.